The van der Waals surface area contributed by atoms with Crippen molar-refractivity contribution in [2.24, 2.45) is 0 Å². The maximum Gasteiger partial charge on any atom is 0.227 e. The van der Waals surface area contributed by atoms with Crippen LogP contribution in [0.4, 0.5) is 0 Å². The zero-order chi connectivity index (χ0) is 26.3. The van der Waals surface area contributed by atoms with Gasteiger partial charge in [0.2, 0.25) is 5.91 Å². The average Bonchev–Trinajstić information content (AvgIpc) is 3.44. The minimum absolute atomic E-state index is 0.0730. The van der Waals surface area contributed by atoms with Gasteiger partial charge in [-0.1, -0.05) is 60.1 Å². The molecule has 2 aromatic heterocycles. The Kier molecular flexibility index (Phi) is 8.17. The van der Waals surface area contributed by atoms with Gasteiger partial charge >= 0.3 is 0 Å². The first kappa shape index (κ1) is 25.7. The SMILES string of the molecule is CN(Cc1ccc[nH+]c1)C(=O)Cc1cccc(-c2sccc2-c2cc(Cl)ccc2OCc2ccccc2)c1. The minimum atomic E-state index is 0.0730. The lowest BCUT2D eigenvalue weighted by Gasteiger charge is -2.17. The van der Waals surface area contributed by atoms with Crippen LogP contribution >= 0.6 is 22.9 Å². The van der Waals surface area contributed by atoms with Crippen molar-refractivity contribution in [2.75, 3.05) is 7.05 Å². The molecule has 4 nitrogen and oxygen atoms in total. The summed E-state index contributed by atoms with van der Waals surface area (Å²) < 4.78 is 6.24. The number of rotatable bonds is 9. The number of carbonyl (C=O) groups is 1. The lowest BCUT2D eigenvalue weighted by Crippen LogP contribution is -2.28. The standard InChI is InChI=1S/C32H27ClN2O2S/c1-35(21-25-10-6-15-34-20-25)31(36)18-24-9-5-11-26(17-24)32-28(14-16-38-32)29-19-27(33)12-13-30(29)37-22-23-7-3-2-4-8-23/h2-17,19-20H,18,21-22H2,1H3/p+1. The van der Waals surface area contributed by atoms with E-state index in [9.17, 15) is 4.79 Å². The second-order valence-electron chi connectivity index (χ2n) is 9.12. The summed E-state index contributed by atoms with van der Waals surface area (Å²) >= 11 is 8.09. The van der Waals surface area contributed by atoms with Crippen molar-refractivity contribution in [3.05, 3.63) is 130 Å². The summed E-state index contributed by atoms with van der Waals surface area (Å²) in [4.78, 5) is 18.9. The van der Waals surface area contributed by atoms with Crippen LogP contribution in [-0.4, -0.2) is 17.9 Å². The molecule has 0 unspecified atom stereocenters. The monoisotopic (exact) mass is 539 g/mol. The van der Waals surface area contributed by atoms with Gasteiger partial charge in [-0.3, -0.25) is 4.79 Å². The summed E-state index contributed by atoms with van der Waals surface area (Å²) in [6, 6.07) is 30.1. The fourth-order valence-corrected chi connectivity index (χ4v) is 5.42. The van der Waals surface area contributed by atoms with Crippen LogP contribution in [-0.2, 0) is 24.4 Å². The van der Waals surface area contributed by atoms with Crippen LogP contribution in [0.5, 0.6) is 5.75 Å². The zero-order valence-electron chi connectivity index (χ0n) is 21.1. The highest BCUT2D eigenvalue weighted by atomic mass is 35.5. The van der Waals surface area contributed by atoms with Gasteiger partial charge in [0.1, 0.15) is 12.4 Å². The molecule has 0 saturated heterocycles. The van der Waals surface area contributed by atoms with E-state index < -0.39 is 0 Å². The third-order valence-corrected chi connectivity index (χ3v) is 7.49. The number of pyridine rings is 1. The number of nitrogens with one attached hydrogen (secondary N) is 1. The predicted molar refractivity (Wildman–Crippen MR) is 154 cm³/mol. The number of amides is 1. The van der Waals surface area contributed by atoms with Crippen LogP contribution in [0.3, 0.4) is 0 Å². The number of H-pyrrole nitrogens is 1. The van der Waals surface area contributed by atoms with E-state index in [1.807, 2.05) is 92.2 Å². The molecule has 38 heavy (non-hydrogen) atoms. The first-order chi connectivity index (χ1) is 18.6. The van der Waals surface area contributed by atoms with Crippen LogP contribution in [0.2, 0.25) is 5.02 Å². The largest absolute Gasteiger partial charge is 0.488 e. The molecular weight excluding hydrogens is 512 g/mol. The molecule has 5 rings (SSSR count). The lowest BCUT2D eigenvalue weighted by atomic mass is 10.00. The lowest BCUT2D eigenvalue weighted by molar-refractivity contribution is -0.378. The summed E-state index contributed by atoms with van der Waals surface area (Å²) in [5.74, 6) is 0.855. The number of benzene rings is 3. The molecule has 0 spiro atoms. The maximum absolute atomic E-state index is 13.0. The number of carbonyl (C=O) groups excluding carboxylic acids is 1. The Balaban J connectivity index is 1.37. The molecular formula is C32H28ClN2O2S+. The van der Waals surface area contributed by atoms with Gasteiger partial charge in [-0.05, 0) is 58.5 Å². The molecule has 0 saturated carbocycles. The van der Waals surface area contributed by atoms with Crippen molar-refractivity contribution in [3.8, 4) is 27.3 Å². The fourth-order valence-electron chi connectivity index (χ4n) is 4.34. The van der Waals surface area contributed by atoms with E-state index in [0.29, 0.717) is 24.6 Å². The highest BCUT2D eigenvalue weighted by Crippen LogP contribution is 2.42. The van der Waals surface area contributed by atoms with Crippen LogP contribution in [0.25, 0.3) is 21.6 Å². The molecule has 5 aromatic rings. The van der Waals surface area contributed by atoms with Gasteiger partial charge < -0.3 is 9.64 Å². The summed E-state index contributed by atoms with van der Waals surface area (Å²) in [5, 5.41) is 2.73. The van der Waals surface area contributed by atoms with Crippen molar-refractivity contribution >= 4 is 28.8 Å². The van der Waals surface area contributed by atoms with Crippen LogP contribution < -0.4 is 9.72 Å². The minimum Gasteiger partial charge on any atom is -0.488 e. The van der Waals surface area contributed by atoms with Crippen LogP contribution in [0.1, 0.15) is 16.7 Å². The number of halogens is 1. The topological polar surface area (TPSA) is 43.7 Å². The third-order valence-electron chi connectivity index (χ3n) is 6.30. The number of aromatic nitrogens is 1. The van der Waals surface area contributed by atoms with Crippen molar-refractivity contribution in [3.63, 3.8) is 0 Å². The molecule has 1 amide bonds. The quantitative estimate of drug-likeness (QED) is 0.197. The average molecular weight is 540 g/mol. The molecule has 0 aliphatic rings. The molecule has 0 bridgehead atoms. The molecule has 3 aromatic carbocycles. The number of likely N-dealkylation sites (N-methyl/N-ethyl adjacent to an activating group) is 1. The fraction of sp³-hybridized carbons (Fsp3) is 0.125. The van der Waals surface area contributed by atoms with E-state index in [1.54, 1.807) is 16.2 Å². The molecule has 0 fully saturated rings. The first-order valence-corrected chi connectivity index (χ1v) is 13.6. The van der Waals surface area contributed by atoms with E-state index in [4.69, 9.17) is 16.3 Å². The highest BCUT2D eigenvalue weighted by molar-refractivity contribution is 7.14. The van der Waals surface area contributed by atoms with Gasteiger partial charge in [-0.2, -0.15) is 0 Å². The Bertz CT molecular complexity index is 1520. The van der Waals surface area contributed by atoms with E-state index in [-0.39, 0.29) is 5.91 Å². The van der Waals surface area contributed by atoms with Gasteiger partial charge in [-0.25, -0.2) is 4.98 Å². The molecule has 1 N–H and O–H groups in total. The van der Waals surface area contributed by atoms with Crippen LogP contribution in [0.15, 0.2) is 109 Å². The Morgan fingerprint density at radius 1 is 0.895 bits per heavy atom. The normalized spacial score (nSPS) is 10.8. The molecule has 0 aliphatic carbocycles. The number of hydrogen-bond donors (Lipinski definition) is 0. The molecule has 6 heteroatoms. The van der Waals surface area contributed by atoms with Crippen molar-refractivity contribution < 1.29 is 14.5 Å². The zero-order valence-corrected chi connectivity index (χ0v) is 22.6. The summed E-state index contributed by atoms with van der Waals surface area (Å²) in [5.41, 5.74) is 6.21. The van der Waals surface area contributed by atoms with Gasteiger partial charge in [-0.15, -0.1) is 11.3 Å². The molecule has 2 heterocycles. The number of nitrogens with zero attached hydrogens (tertiary/aromatic N) is 1. The Labute approximate surface area is 232 Å². The number of ether oxygens (including phenoxy) is 1. The van der Waals surface area contributed by atoms with E-state index in [2.05, 4.69) is 28.6 Å². The second kappa shape index (κ2) is 12.1. The Morgan fingerprint density at radius 2 is 1.71 bits per heavy atom. The summed E-state index contributed by atoms with van der Waals surface area (Å²) in [7, 11) is 1.84. The van der Waals surface area contributed by atoms with Crippen molar-refractivity contribution in [1.82, 2.24) is 4.90 Å². The Hall–Kier alpha value is -3.93. The van der Waals surface area contributed by atoms with E-state index >= 15 is 0 Å². The first-order valence-electron chi connectivity index (χ1n) is 12.4. The number of aromatic amines is 1. The third kappa shape index (κ3) is 6.31. The van der Waals surface area contributed by atoms with Gasteiger partial charge in [0.05, 0.1) is 13.0 Å². The van der Waals surface area contributed by atoms with Crippen molar-refractivity contribution in [1.29, 1.82) is 0 Å². The molecule has 0 aliphatic heterocycles. The maximum atomic E-state index is 13.0. The molecule has 0 atom stereocenters. The summed E-state index contributed by atoms with van der Waals surface area (Å²) in [6.07, 6.45) is 4.11. The van der Waals surface area contributed by atoms with Crippen molar-refractivity contribution in [2.45, 2.75) is 19.6 Å². The van der Waals surface area contributed by atoms with E-state index in [1.165, 1.54) is 0 Å². The number of hydrogen-bond acceptors (Lipinski definition) is 3. The Morgan fingerprint density at radius 3 is 2.53 bits per heavy atom. The summed E-state index contributed by atoms with van der Waals surface area (Å²) in [6.45, 7) is 1.03. The second-order valence-corrected chi connectivity index (χ2v) is 10.5. The van der Waals surface area contributed by atoms with Gasteiger partial charge in [0.25, 0.3) is 0 Å². The smallest absolute Gasteiger partial charge is 0.227 e. The van der Waals surface area contributed by atoms with Gasteiger partial charge in [0, 0.05) is 39.7 Å². The number of thiophene rings is 1. The van der Waals surface area contributed by atoms with Crippen LogP contribution in [0, 0.1) is 0 Å². The van der Waals surface area contributed by atoms with E-state index in [0.717, 1.165) is 44.0 Å². The van der Waals surface area contributed by atoms with Gasteiger partial charge in [0.15, 0.2) is 12.4 Å². The highest BCUT2D eigenvalue weighted by Gasteiger charge is 2.16. The predicted octanol–water partition coefficient (Wildman–Crippen LogP) is 7.33. The molecule has 0 radical (unpaired) electrons. The molecule has 190 valence electrons.